The molecular formula is C24H17NO4. The van der Waals surface area contributed by atoms with Crippen LogP contribution in [0.25, 0.3) is 22.1 Å². The zero-order valence-electron chi connectivity index (χ0n) is 15.7. The number of hydrogen-bond acceptors (Lipinski definition) is 5. The number of fused-ring (bicyclic) bond motifs is 3. The van der Waals surface area contributed by atoms with Crippen molar-refractivity contribution in [1.29, 1.82) is 0 Å². The topological polar surface area (TPSA) is 69.4 Å². The molecule has 0 saturated carbocycles. The third-order valence-electron chi connectivity index (χ3n) is 5.36. The molecule has 0 radical (unpaired) electrons. The number of nitrogens with zero attached hydrogens (tertiary/aromatic N) is 1. The highest BCUT2D eigenvalue weighted by Crippen LogP contribution is 2.47. The number of rotatable bonds is 2. The van der Waals surface area contributed by atoms with E-state index in [1.54, 1.807) is 12.4 Å². The number of benzene rings is 2. The van der Waals surface area contributed by atoms with Crippen LogP contribution in [-0.4, -0.2) is 11.0 Å². The highest BCUT2D eigenvalue weighted by Gasteiger charge is 2.33. The van der Waals surface area contributed by atoms with Gasteiger partial charge in [0.15, 0.2) is 0 Å². The number of aryl methyl sites for hydroxylation is 1. The highest BCUT2D eigenvalue weighted by atomic mass is 16.5. The van der Waals surface area contributed by atoms with E-state index < -0.39 is 5.63 Å². The Morgan fingerprint density at radius 1 is 1.00 bits per heavy atom. The number of aromatic nitrogens is 1. The molecule has 2 aromatic carbocycles. The molecule has 2 aromatic heterocycles. The fourth-order valence-corrected chi connectivity index (χ4v) is 4.12. The summed E-state index contributed by atoms with van der Waals surface area (Å²) in [5.41, 5.74) is 4.37. The van der Waals surface area contributed by atoms with Crippen molar-refractivity contribution in [2.75, 3.05) is 0 Å². The molecule has 0 bridgehead atoms. The SMILES string of the molecule is Cc1cc2oc(=O)cc(-c3ccccc3)c2c2c1[C@@H](c1ccncc1)CC(=O)O2. The molecule has 0 spiro atoms. The lowest BCUT2D eigenvalue weighted by Gasteiger charge is -2.28. The Balaban J connectivity index is 1.87. The Hall–Kier alpha value is -3.73. The van der Waals surface area contributed by atoms with Crippen molar-refractivity contribution in [3.8, 4) is 16.9 Å². The molecule has 5 rings (SSSR count). The molecule has 0 unspecified atom stereocenters. The van der Waals surface area contributed by atoms with E-state index in [0.29, 0.717) is 22.3 Å². The molecule has 0 fully saturated rings. The van der Waals surface area contributed by atoms with Crippen LogP contribution in [0.1, 0.15) is 29.0 Å². The number of esters is 1. The number of carbonyl (C=O) groups excluding carboxylic acids is 1. The molecule has 0 aliphatic carbocycles. The number of carbonyl (C=O) groups is 1. The van der Waals surface area contributed by atoms with Crippen molar-refractivity contribution >= 4 is 16.9 Å². The number of hydrogen-bond donors (Lipinski definition) is 0. The fourth-order valence-electron chi connectivity index (χ4n) is 4.12. The van der Waals surface area contributed by atoms with Gasteiger partial charge < -0.3 is 9.15 Å². The van der Waals surface area contributed by atoms with Crippen LogP contribution in [0.4, 0.5) is 0 Å². The average Bonchev–Trinajstić information content (AvgIpc) is 2.73. The summed E-state index contributed by atoms with van der Waals surface area (Å²) >= 11 is 0. The molecular weight excluding hydrogens is 366 g/mol. The Kier molecular flexibility index (Phi) is 4.02. The van der Waals surface area contributed by atoms with Gasteiger partial charge in [0, 0.05) is 35.5 Å². The van der Waals surface area contributed by atoms with Crippen molar-refractivity contribution in [1.82, 2.24) is 4.98 Å². The normalized spacial score (nSPS) is 15.8. The Morgan fingerprint density at radius 3 is 2.52 bits per heavy atom. The molecule has 1 atom stereocenters. The van der Waals surface area contributed by atoms with Crippen molar-refractivity contribution in [3.63, 3.8) is 0 Å². The molecule has 4 aromatic rings. The molecule has 3 heterocycles. The summed E-state index contributed by atoms with van der Waals surface area (Å²) < 4.78 is 11.3. The molecule has 0 saturated heterocycles. The molecule has 0 amide bonds. The average molecular weight is 383 g/mol. The molecule has 0 N–H and O–H groups in total. The summed E-state index contributed by atoms with van der Waals surface area (Å²) in [5.74, 6) is 0.0197. The lowest BCUT2D eigenvalue weighted by Crippen LogP contribution is -2.22. The minimum atomic E-state index is -0.441. The van der Waals surface area contributed by atoms with Gasteiger partial charge in [-0.05, 0) is 41.8 Å². The quantitative estimate of drug-likeness (QED) is 0.287. The van der Waals surface area contributed by atoms with Gasteiger partial charge in [0.2, 0.25) is 0 Å². The van der Waals surface area contributed by atoms with Gasteiger partial charge in [0.25, 0.3) is 0 Å². The second-order valence-corrected chi connectivity index (χ2v) is 7.17. The van der Waals surface area contributed by atoms with Crippen LogP contribution in [0.15, 0.2) is 76.2 Å². The maximum absolute atomic E-state index is 12.5. The van der Waals surface area contributed by atoms with Gasteiger partial charge >= 0.3 is 11.6 Å². The van der Waals surface area contributed by atoms with Crippen LogP contribution in [0.5, 0.6) is 5.75 Å². The van der Waals surface area contributed by atoms with Crippen LogP contribution in [-0.2, 0) is 4.79 Å². The van der Waals surface area contributed by atoms with Crippen LogP contribution in [0, 0.1) is 6.92 Å². The van der Waals surface area contributed by atoms with E-state index in [4.69, 9.17) is 9.15 Å². The summed E-state index contributed by atoms with van der Waals surface area (Å²) in [5, 5.41) is 0.642. The van der Waals surface area contributed by atoms with Crippen molar-refractivity contribution < 1.29 is 13.9 Å². The molecule has 5 heteroatoms. The first kappa shape index (κ1) is 17.4. The minimum Gasteiger partial charge on any atom is -0.425 e. The van der Waals surface area contributed by atoms with Gasteiger partial charge in [0.05, 0.1) is 11.8 Å². The zero-order chi connectivity index (χ0) is 20.0. The van der Waals surface area contributed by atoms with Crippen LogP contribution < -0.4 is 10.4 Å². The van der Waals surface area contributed by atoms with E-state index in [1.165, 1.54) is 6.07 Å². The van der Waals surface area contributed by atoms with Crippen LogP contribution in [0.2, 0.25) is 0 Å². The third kappa shape index (κ3) is 2.91. The Bertz CT molecular complexity index is 1290. The summed E-state index contributed by atoms with van der Waals surface area (Å²) in [6, 6.07) is 16.7. The summed E-state index contributed by atoms with van der Waals surface area (Å²) in [4.78, 5) is 28.9. The van der Waals surface area contributed by atoms with Gasteiger partial charge in [-0.1, -0.05) is 30.3 Å². The van der Waals surface area contributed by atoms with E-state index in [0.717, 1.165) is 22.3 Å². The third-order valence-corrected chi connectivity index (χ3v) is 5.36. The summed E-state index contributed by atoms with van der Waals surface area (Å²) in [6.07, 6.45) is 3.69. The molecule has 142 valence electrons. The predicted molar refractivity (Wildman–Crippen MR) is 109 cm³/mol. The van der Waals surface area contributed by atoms with Crippen molar-refractivity contribution in [3.05, 3.63) is 94.1 Å². The van der Waals surface area contributed by atoms with E-state index in [9.17, 15) is 9.59 Å². The maximum Gasteiger partial charge on any atom is 0.336 e. The van der Waals surface area contributed by atoms with Crippen molar-refractivity contribution in [2.45, 2.75) is 19.3 Å². The monoisotopic (exact) mass is 383 g/mol. The van der Waals surface area contributed by atoms with E-state index >= 15 is 0 Å². The van der Waals surface area contributed by atoms with Gasteiger partial charge in [-0.3, -0.25) is 9.78 Å². The van der Waals surface area contributed by atoms with E-state index in [-0.39, 0.29) is 18.3 Å². The number of ether oxygens (including phenoxy) is 1. The highest BCUT2D eigenvalue weighted by molar-refractivity contribution is 6.01. The maximum atomic E-state index is 12.5. The molecule has 5 nitrogen and oxygen atoms in total. The standard InChI is InChI=1S/C24H17NO4/c1-14-11-19-23(18(13-20(26)28-19)15-5-3-2-4-6-15)24-22(14)17(12-21(27)29-24)16-7-9-25-10-8-16/h2-11,13,17H,12H2,1H3/t17-/m1/s1. The molecule has 1 aliphatic heterocycles. The van der Waals surface area contributed by atoms with Gasteiger partial charge in [-0.15, -0.1) is 0 Å². The van der Waals surface area contributed by atoms with E-state index in [1.807, 2.05) is 55.5 Å². The van der Waals surface area contributed by atoms with Crippen molar-refractivity contribution in [2.24, 2.45) is 0 Å². The van der Waals surface area contributed by atoms with Gasteiger partial charge in [-0.2, -0.15) is 0 Å². The van der Waals surface area contributed by atoms with Gasteiger partial charge in [0.1, 0.15) is 11.3 Å². The van der Waals surface area contributed by atoms with Crippen LogP contribution >= 0.6 is 0 Å². The largest absolute Gasteiger partial charge is 0.425 e. The second kappa shape index (κ2) is 6.71. The first-order chi connectivity index (χ1) is 14.1. The summed E-state index contributed by atoms with van der Waals surface area (Å²) in [7, 11) is 0. The van der Waals surface area contributed by atoms with Crippen LogP contribution in [0.3, 0.4) is 0 Å². The zero-order valence-corrected chi connectivity index (χ0v) is 15.7. The second-order valence-electron chi connectivity index (χ2n) is 7.17. The Labute approximate surface area is 166 Å². The fraction of sp³-hybridized carbons (Fsp3) is 0.125. The first-order valence-corrected chi connectivity index (χ1v) is 9.39. The predicted octanol–water partition coefficient (Wildman–Crippen LogP) is 4.60. The first-order valence-electron chi connectivity index (χ1n) is 9.39. The minimum absolute atomic E-state index is 0.144. The lowest BCUT2D eigenvalue weighted by molar-refractivity contribution is -0.135. The Morgan fingerprint density at radius 2 is 1.76 bits per heavy atom. The van der Waals surface area contributed by atoms with Gasteiger partial charge in [-0.25, -0.2) is 4.79 Å². The lowest BCUT2D eigenvalue weighted by atomic mass is 9.82. The van der Waals surface area contributed by atoms with E-state index in [2.05, 4.69) is 4.98 Å². The summed E-state index contributed by atoms with van der Waals surface area (Å²) in [6.45, 7) is 1.95. The smallest absolute Gasteiger partial charge is 0.336 e. The molecule has 1 aliphatic rings. The molecule has 29 heavy (non-hydrogen) atoms. The number of pyridine rings is 1.